The van der Waals surface area contributed by atoms with Crippen molar-refractivity contribution >= 4 is 11.9 Å². The first-order valence-corrected chi connectivity index (χ1v) is 8.48. The maximum absolute atomic E-state index is 12.4. The molecule has 0 aromatic heterocycles. The largest absolute Gasteiger partial charge is 0.454 e. The molecule has 0 bridgehead atoms. The normalized spacial score (nSPS) is 24.8. The van der Waals surface area contributed by atoms with E-state index in [4.69, 9.17) is 15.2 Å². The molecule has 0 radical (unpaired) electrons. The van der Waals surface area contributed by atoms with Gasteiger partial charge < -0.3 is 20.3 Å². The molecule has 3 rings (SSSR count). The molecular weight excluding hydrogens is 334 g/mol. The quantitative estimate of drug-likeness (QED) is 0.793. The summed E-state index contributed by atoms with van der Waals surface area (Å²) in [6.07, 6.45) is -1.21. The van der Waals surface area contributed by atoms with Crippen molar-refractivity contribution in [2.75, 3.05) is 6.61 Å². The van der Waals surface area contributed by atoms with Crippen molar-refractivity contribution in [3.8, 4) is 0 Å². The van der Waals surface area contributed by atoms with E-state index in [1.165, 1.54) is 0 Å². The van der Waals surface area contributed by atoms with Gasteiger partial charge in [0.15, 0.2) is 6.10 Å². The molecule has 2 aromatic rings. The molecule has 1 aliphatic carbocycles. The lowest BCUT2D eigenvalue weighted by Gasteiger charge is -2.25. The third-order valence-electron chi connectivity index (χ3n) is 4.53. The first-order valence-electron chi connectivity index (χ1n) is 8.48. The van der Waals surface area contributed by atoms with Crippen LogP contribution in [0.2, 0.25) is 0 Å². The number of carbonyl (C=O) groups excluding carboxylic acids is 2. The lowest BCUT2D eigenvalue weighted by atomic mass is 10.1. The van der Waals surface area contributed by atoms with Gasteiger partial charge in [-0.25, -0.2) is 9.59 Å². The topological polar surface area (TPSA) is 98.9 Å². The van der Waals surface area contributed by atoms with Crippen LogP contribution in [-0.4, -0.2) is 41.9 Å². The van der Waals surface area contributed by atoms with Gasteiger partial charge >= 0.3 is 11.9 Å². The molecule has 2 unspecified atom stereocenters. The number of carbonyl (C=O) groups is 2. The smallest absolute Gasteiger partial charge is 0.338 e. The highest BCUT2D eigenvalue weighted by Crippen LogP contribution is 2.31. The molecule has 0 heterocycles. The van der Waals surface area contributed by atoms with Gasteiger partial charge in [0.05, 0.1) is 11.1 Å². The SMILES string of the molecule is N[C@H]1C[C@@H](CO)C(OC(=O)c2ccccc2)C1OC(=O)c1ccccc1. The van der Waals surface area contributed by atoms with Crippen molar-refractivity contribution < 1.29 is 24.2 Å². The first kappa shape index (κ1) is 18.1. The van der Waals surface area contributed by atoms with E-state index in [9.17, 15) is 14.7 Å². The van der Waals surface area contributed by atoms with Gasteiger partial charge in [0.1, 0.15) is 6.10 Å². The highest BCUT2D eigenvalue weighted by atomic mass is 16.6. The van der Waals surface area contributed by atoms with E-state index in [2.05, 4.69) is 0 Å². The van der Waals surface area contributed by atoms with Crippen molar-refractivity contribution in [1.82, 2.24) is 0 Å². The molecule has 26 heavy (non-hydrogen) atoms. The summed E-state index contributed by atoms with van der Waals surface area (Å²) in [7, 11) is 0. The Hall–Kier alpha value is -2.70. The number of benzene rings is 2. The number of hydrogen-bond acceptors (Lipinski definition) is 6. The highest BCUT2D eigenvalue weighted by molar-refractivity contribution is 5.90. The van der Waals surface area contributed by atoms with Crippen LogP contribution in [0.5, 0.6) is 0 Å². The standard InChI is InChI=1S/C20H21NO5/c21-16-11-15(12-22)17(25-19(23)13-7-3-1-4-8-13)18(16)26-20(24)14-9-5-2-6-10-14/h1-10,15-18,22H,11-12,21H2/t15-,16-,17?,18?/m0/s1. The molecule has 3 N–H and O–H groups in total. The summed E-state index contributed by atoms with van der Waals surface area (Å²) in [5.41, 5.74) is 6.87. The minimum Gasteiger partial charge on any atom is -0.454 e. The number of nitrogens with two attached hydrogens (primary N) is 1. The molecule has 1 saturated carbocycles. The first-order chi connectivity index (χ1) is 12.6. The Morgan fingerprint density at radius 1 is 0.885 bits per heavy atom. The van der Waals surface area contributed by atoms with Crippen LogP contribution in [0.1, 0.15) is 27.1 Å². The van der Waals surface area contributed by atoms with E-state index in [1.807, 2.05) is 0 Å². The molecule has 2 aromatic carbocycles. The van der Waals surface area contributed by atoms with E-state index in [0.717, 1.165) is 0 Å². The molecule has 1 fully saturated rings. The van der Waals surface area contributed by atoms with Gasteiger partial charge in [0, 0.05) is 18.6 Å². The summed E-state index contributed by atoms with van der Waals surface area (Å²) in [5.74, 6) is -1.46. The molecule has 1 aliphatic rings. The summed E-state index contributed by atoms with van der Waals surface area (Å²) in [4.78, 5) is 24.7. The number of rotatable bonds is 5. The third-order valence-corrected chi connectivity index (χ3v) is 4.53. The van der Waals surface area contributed by atoms with Crippen molar-refractivity contribution in [1.29, 1.82) is 0 Å². The average Bonchev–Trinajstić information content (AvgIpc) is 2.98. The number of esters is 2. The third kappa shape index (κ3) is 3.92. The zero-order valence-electron chi connectivity index (χ0n) is 14.2. The highest BCUT2D eigenvalue weighted by Gasteiger charge is 2.46. The monoisotopic (exact) mass is 355 g/mol. The molecular formula is C20H21NO5. The lowest BCUT2D eigenvalue weighted by molar-refractivity contribution is -0.0433. The van der Waals surface area contributed by atoms with Crippen LogP contribution in [-0.2, 0) is 9.47 Å². The number of hydrogen-bond donors (Lipinski definition) is 2. The summed E-state index contributed by atoms with van der Waals surface area (Å²) >= 11 is 0. The van der Waals surface area contributed by atoms with Gasteiger partial charge in [-0.1, -0.05) is 36.4 Å². The fraction of sp³-hybridized carbons (Fsp3) is 0.300. The number of aliphatic hydroxyl groups excluding tert-OH is 1. The predicted molar refractivity (Wildman–Crippen MR) is 94.5 cm³/mol. The Labute approximate surface area is 151 Å². The van der Waals surface area contributed by atoms with E-state index in [-0.39, 0.29) is 12.5 Å². The molecule has 4 atom stereocenters. The number of ether oxygens (including phenoxy) is 2. The van der Waals surface area contributed by atoms with E-state index >= 15 is 0 Å². The van der Waals surface area contributed by atoms with Gasteiger partial charge in [-0.05, 0) is 30.7 Å². The molecule has 136 valence electrons. The second-order valence-electron chi connectivity index (χ2n) is 6.31. The van der Waals surface area contributed by atoms with Crippen LogP contribution in [0.3, 0.4) is 0 Å². The van der Waals surface area contributed by atoms with E-state index < -0.39 is 30.2 Å². The van der Waals surface area contributed by atoms with Crippen LogP contribution in [0, 0.1) is 5.92 Å². The van der Waals surface area contributed by atoms with Gasteiger partial charge in [0.25, 0.3) is 0 Å². The minimum absolute atomic E-state index is 0.209. The van der Waals surface area contributed by atoms with Crippen molar-refractivity contribution in [3.63, 3.8) is 0 Å². The predicted octanol–water partition coefficient (Wildman–Crippen LogP) is 1.78. The van der Waals surface area contributed by atoms with Gasteiger partial charge in [-0.3, -0.25) is 0 Å². The summed E-state index contributed by atoms with van der Waals surface area (Å²) in [6.45, 7) is -0.209. The fourth-order valence-electron chi connectivity index (χ4n) is 3.16. The summed E-state index contributed by atoms with van der Waals surface area (Å²) in [6, 6.07) is 16.5. The van der Waals surface area contributed by atoms with Crippen molar-refractivity contribution in [3.05, 3.63) is 71.8 Å². The van der Waals surface area contributed by atoms with Gasteiger partial charge in [0.2, 0.25) is 0 Å². The zero-order chi connectivity index (χ0) is 18.5. The Kier molecular flexibility index (Phi) is 5.65. The molecule has 0 saturated heterocycles. The molecule has 6 heteroatoms. The van der Waals surface area contributed by atoms with Crippen molar-refractivity contribution in [2.45, 2.75) is 24.7 Å². The van der Waals surface area contributed by atoms with Crippen LogP contribution in [0.15, 0.2) is 60.7 Å². The minimum atomic E-state index is -0.812. The van der Waals surface area contributed by atoms with Gasteiger partial charge in [-0.2, -0.15) is 0 Å². The molecule has 0 amide bonds. The molecule has 0 spiro atoms. The van der Waals surface area contributed by atoms with Crippen molar-refractivity contribution in [2.24, 2.45) is 11.7 Å². The number of aliphatic hydroxyl groups is 1. The second kappa shape index (κ2) is 8.12. The average molecular weight is 355 g/mol. The molecule has 6 nitrogen and oxygen atoms in total. The lowest BCUT2D eigenvalue weighted by Crippen LogP contribution is -2.42. The summed E-state index contributed by atoms with van der Waals surface area (Å²) in [5, 5.41) is 9.62. The zero-order valence-corrected chi connectivity index (χ0v) is 14.2. The Morgan fingerprint density at radius 2 is 1.35 bits per heavy atom. The van der Waals surface area contributed by atoms with Crippen LogP contribution >= 0.6 is 0 Å². The summed E-state index contributed by atoms with van der Waals surface area (Å²) < 4.78 is 11.1. The van der Waals surface area contributed by atoms with Gasteiger partial charge in [-0.15, -0.1) is 0 Å². The second-order valence-corrected chi connectivity index (χ2v) is 6.31. The Morgan fingerprint density at radius 3 is 1.81 bits per heavy atom. The van der Waals surface area contributed by atoms with E-state index in [0.29, 0.717) is 17.5 Å². The maximum atomic E-state index is 12.4. The maximum Gasteiger partial charge on any atom is 0.338 e. The molecule has 0 aliphatic heterocycles. The Bertz CT molecular complexity index is 749. The Balaban J connectivity index is 1.76. The van der Waals surface area contributed by atoms with Crippen LogP contribution in [0.4, 0.5) is 0 Å². The fourth-order valence-corrected chi connectivity index (χ4v) is 3.16. The van der Waals surface area contributed by atoms with Crippen LogP contribution in [0.25, 0.3) is 0 Å². The van der Waals surface area contributed by atoms with E-state index in [1.54, 1.807) is 60.7 Å². The van der Waals surface area contributed by atoms with Crippen LogP contribution < -0.4 is 5.73 Å².